The molecule has 0 aromatic heterocycles. The van der Waals surface area contributed by atoms with Crippen LogP contribution in [-0.4, -0.2) is 51.8 Å². The molecule has 0 unspecified atom stereocenters. The van der Waals surface area contributed by atoms with Gasteiger partial charge in [-0.25, -0.2) is 0 Å². The van der Waals surface area contributed by atoms with Crippen LogP contribution in [0.25, 0.3) is 0 Å². The summed E-state index contributed by atoms with van der Waals surface area (Å²) in [6.07, 6.45) is 1.70. The Morgan fingerprint density at radius 1 is 0.575 bits per heavy atom. The first-order valence-electron chi connectivity index (χ1n) is 14.6. The minimum Gasteiger partial charge on any atom is -0.487 e. The van der Waals surface area contributed by atoms with E-state index in [0.717, 1.165) is 24.3 Å². The fourth-order valence-electron chi connectivity index (χ4n) is 4.95. The summed E-state index contributed by atoms with van der Waals surface area (Å²) in [5.41, 5.74) is 0. The van der Waals surface area contributed by atoms with Gasteiger partial charge in [0.15, 0.2) is 0 Å². The summed E-state index contributed by atoms with van der Waals surface area (Å²) in [5, 5.41) is 3.61. The molecule has 0 amide bonds. The van der Waals surface area contributed by atoms with Crippen molar-refractivity contribution in [3.05, 3.63) is 78.9 Å². The lowest BCUT2D eigenvalue weighted by atomic mass is 10.1. The zero-order valence-electron chi connectivity index (χ0n) is 24.5. The highest BCUT2D eigenvalue weighted by atomic mass is 31.1. The summed E-state index contributed by atoms with van der Waals surface area (Å²) >= 11 is 0. The number of hydrogen-bond donors (Lipinski definition) is 0. The Morgan fingerprint density at radius 2 is 1.00 bits per heavy atom. The second kappa shape index (κ2) is 16.1. The minimum atomic E-state index is -0.959. The Balaban J connectivity index is 1.79. The van der Waals surface area contributed by atoms with Crippen LogP contribution < -0.4 is 25.4 Å². The van der Waals surface area contributed by atoms with E-state index in [-0.39, 0.29) is 12.2 Å². The molecule has 3 aromatic rings. The number of fused-ring (bicyclic) bond motifs is 2. The number of rotatable bonds is 5. The van der Waals surface area contributed by atoms with Gasteiger partial charge < -0.3 is 23.7 Å². The van der Waals surface area contributed by atoms with E-state index in [1.165, 1.54) is 15.9 Å². The Bertz CT molecular complexity index is 1070. The van der Waals surface area contributed by atoms with E-state index in [2.05, 4.69) is 107 Å². The molecule has 3 aromatic carbocycles. The average Bonchev–Trinajstić information content (AvgIpc) is 2.93. The Hall–Kier alpha value is -2.43. The molecular weight excluding hydrogens is 519 g/mol. The zero-order chi connectivity index (χ0) is 28.2. The monoisotopic (exact) mass is 564 g/mol. The van der Waals surface area contributed by atoms with Crippen LogP contribution in [-0.2, 0) is 14.2 Å². The lowest BCUT2D eigenvalue weighted by molar-refractivity contribution is -0.0191. The highest BCUT2D eigenvalue weighted by molar-refractivity contribution is 7.80. The fourth-order valence-corrected chi connectivity index (χ4v) is 7.40. The van der Waals surface area contributed by atoms with E-state index in [0.29, 0.717) is 51.5 Å². The van der Waals surface area contributed by atoms with Gasteiger partial charge >= 0.3 is 0 Å². The summed E-state index contributed by atoms with van der Waals surface area (Å²) in [6.45, 7) is 12.1. The van der Waals surface area contributed by atoms with Crippen molar-refractivity contribution in [1.29, 1.82) is 0 Å². The predicted octanol–water partition coefficient (Wildman–Crippen LogP) is 6.10. The van der Waals surface area contributed by atoms with Crippen LogP contribution in [0.1, 0.15) is 40.5 Å². The van der Waals surface area contributed by atoms with Crippen molar-refractivity contribution in [2.75, 3.05) is 39.6 Å². The van der Waals surface area contributed by atoms with Gasteiger partial charge in [0.25, 0.3) is 0 Å². The van der Waals surface area contributed by atoms with E-state index < -0.39 is 7.92 Å². The van der Waals surface area contributed by atoms with Crippen molar-refractivity contribution >= 4 is 23.8 Å². The van der Waals surface area contributed by atoms with Gasteiger partial charge in [-0.1, -0.05) is 94.4 Å². The molecule has 0 spiro atoms. The van der Waals surface area contributed by atoms with Gasteiger partial charge in [-0.3, -0.25) is 0 Å². The second-order valence-electron chi connectivity index (χ2n) is 11.1. The molecule has 6 heteroatoms. The summed E-state index contributed by atoms with van der Waals surface area (Å²) in [7, 11) is -0.959. The van der Waals surface area contributed by atoms with Crippen LogP contribution in [0.15, 0.2) is 78.9 Å². The molecule has 1 heterocycles. The van der Waals surface area contributed by atoms with Crippen molar-refractivity contribution in [2.45, 2.75) is 52.7 Å². The molecule has 5 nitrogen and oxygen atoms in total. The quantitative estimate of drug-likeness (QED) is 0.351. The number of benzene rings is 3. The number of hydrogen-bond acceptors (Lipinski definition) is 5. The third-order valence-electron chi connectivity index (χ3n) is 6.63. The smallest absolute Gasteiger partial charge is 0.128 e. The molecule has 0 radical (unpaired) electrons. The molecule has 0 saturated heterocycles. The maximum Gasteiger partial charge on any atom is 0.128 e. The predicted molar refractivity (Wildman–Crippen MR) is 165 cm³/mol. The van der Waals surface area contributed by atoms with E-state index in [9.17, 15) is 0 Å². The summed E-state index contributed by atoms with van der Waals surface area (Å²) < 4.78 is 31.4. The van der Waals surface area contributed by atoms with Crippen LogP contribution in [0.2, 0.25) is 0 Å². The molecule has 0 fully saturated rings. The lowest BCUT2D eigenvalue weighted by Crippen LogP contribution is -2.31. The van der Waals surface area contributed by atoms with Gasteiger partial charge in [-0.2, -0.15) is 0 Å². The zero-order valence-corrected chi connectivity index (χ0v) is 25.4. The standard InChI is InChI=1S/C34H45O5P/c1-26(2)22-28-24-36-20-18-35-19-21-37-25-29(23-27(3)4)39-32-15-9-11-17-34(32)40(30-12-6-5-7-13-30)33-16-10-8-14-31(33)38-28/h5-17,26-29H,18-25H2,1-4H3/t28-,29-/m1/s1. The van der Waals surface area contributed by atoms with Gasteiger partial charge in [0, 0.05) is 10.6 Å². The molecule has 0 aliphatic carbocycles. The minimum absolute atomic E-state index is 0.0575. The lowest BCUT2D eigenvalue weighted by Gasteiger charge is -2.28. The van der Waals surface area contributed by atoms with Gasteiger partial charge in [0.2, 0.25) is 0 Å². The molecule has 1 aliphatic heterocycles. The number of ether oxygens (including phenoxy) is 5. The van der Waals surface area contributed by atoms with Gasteiger partial charge in [0.05, 0.1) is 39.6 Å². The van der Waals surface area contributed by atoms with E-state index in [1.54, 1.807) is 0 Å². The molecule has 2 atom stereocenters. The second-order valence-corrected chi connectivity index (χ2v) is 13.3. The largest absolute Gasteiger partial charge is 0.487 e. The molecule has 4 rings (SSSR count). The van der Waals surface area contributed by atoms with Crippen molar-refractivity contribution in [3.63, 3.8) is 0 Å². The van der Waals surface area contributed by atoms with Gasteiger partial charge in [-0.15, -0.1) is 0 Å². The van der Waals surface area contributed by atoms with Gasteiger partial charge in [0.1, 0.15) is 23.7 Å². The molecule has 40 heavy (non-hydrogen) atoms. The van der Waals surface area contributed by atoms with E-state index >= 15 is 0 Å². The maximum atomic E-state index is 6.78. The summed E-state index contributed by atoms with van der Waals surface area (Å²) in [5.74, 6) is 2.77. The molecule has 216 valence electrons. The molecular formula is C34H45O5P. The van der Waals surface area contributed by atoms with Crippen LogP contribution in [0, 0.1) is 11.8 Å². The first-order chi connectivity index (χ1) is 19.5. The topological polar surface area (TPSA) is 46.2 Å². The maximum absolute atomic E-state index is 6.78. The summed E-state index contributed by atoms with van der Waals surface area (Å²) in [6, 6.07) is 27.7. The normalized spacial score (nSPS) is 20.1. The van der Waals surface area contributed by atoms with Crippen molar-refractivity contribution in [2.24, 2.45) is 11.8 Å². The van der Waals surface area contributed by atoms with E-state index in [4.69, 9.17) is 23.7 Å². The highest BCUT2D eigenvalue weighted by Crippen LogP contribution is 2.40. The van der Waals surface area contributed by atoms with Crippen molar-refractivity contribution in [3.8, 4) is 11.5 Å². The fraction of sp³-hybridized carbons (Fsp3) is 0.471. The van der Waals surface area contributed by atoms with Crippen LogP contribution in [0.3, 0.4) is 0 Å². The third-order valence-corrected chi connectivity index (χ3v) is 9.15. The van der Waals surface area contributed by atoms with Crippen LogP contribution >= 0.6 is 7.92 Å². The average molecular weight is 565 g/mol. The van der Waals surface area contributed by atoms with Crippen LogP contribution in [0.4, 0.5) is 0 Å². The Labute approximate surface area is 241 Å². The van der Waals surface area contributed by atoms with E-state index in [1.807, 2.05) is 0 Å². The molecule has 0 bridgehead atoms. The van der Waals surface area contributed by atoms with Gasteiger partial charge in [-0.05, 0) is 50.0 Å². The number of para-hydroxylation sites is 2. The molecule has 0 saturated carbocycles. The van der Waals surface area contributed by atoms with Crippen molar-refractivity contribution in [1.82, 2.24) is 0 Å². The third kappa shape index (κ3) is 9.31. The highest BCUT2D eigenvalue weighted by Gasteiger charge is 2.26. The Kier molecular flexibility index (Phi) is 12.3. The van der Waals surface area contributed by atoms with Crippen molar-refractivity contribution < 1.29 is 23.7 Å². The molecule has 1 aliphatic rings. The molecule has 0 N–H and O–H groups in total. The van der Waals surface area contributed by atoms with Crippen LogP contribution in [0.5, 0.6) is 11.5 Å². The SMILES string of the molecule is CC(C)C[C@@H]1COCCOCCOC[C@@H](CC(C)C)Oc2ccccc2P(c2ccccc2)c2ccccc2O1. The summed E-state index contributed by atoms with van der Waals surface area (Å²) in [4.78, 5) is 0. The first kappa shape index (κ1) is 30.5. The Morgan fingerprint density at radius 3 is 1.48 bits per heavy atom. The first-order valence-corrected chi connectivity index (χ1v) is 15.9.